The van der Waals surface area contributed by atoms with Crippen molar-refractivity contribution in [2.75, 3.05) is 13.7 Å². The highest BCUT2D eigenvalue weighted by molar-refractivity contribution is 6.76. The Morgan fingerprint density at radius 2 is 1.93 bits per heavy atom. The highest BCUT2D eigenvalue weighted by Crippen LogP contribution is 2.36. The van der Waals surface area contributed by atoms with Crippen LogP contribution in [0.25, 0.3) is 27.8 Å². The van der Waals surface area contributed by atoms with E-state index < -0.39 is 8.07 Å². The van der Waals surface area contributed by atoms with Crippen LogP contribution in [0.4, 0.5) is 0 Å². The second-order valence-corrected chi connectivity index (χ2v) is 14.2. The zero-order valence-corrected chi connectivity index (χ0v) is 18.8. The van der Waals surface area contributed by atoms with E-state index in [9.17, 15) is 0 Å². The Labute approximate surface area is 175 Å². The molecule has 0 saturated heterocycles. The van der Waals surface area contributed by atoms with Crippen LogP contribution >= 0.6 is 11.6 Å². The Morgan fingerprint density at radius 3 is 2.69 bits per heavy atom. The summed E-state index contributed by atoms with van der Waals surface area (Å²) in [6, 6.07) is 8.79. The quantitative estimate of drug-likeness (QED) is 0.241. The molecule has 4 rings (SSSR count). The molecule has 0 aliphatic carbocycles. The fourth-order valence-electron chi connectivity index (χ4n) is 3.26. The number of halogens is 1. The molecular weight excluding hydrogens is 406 g/mol. The van der Waals surface area contributed by atoms with E-state index in [-0.39, 0.29) is 0 Å². The van der Waals surface area contributed by atoms with Crippen molar-refractivity contribution >= 4 is 36.4 Å². The van der Waals surface area contributed by atoms with Crippen molar-refractivity contribution in [2.45, 2.75) is 32.4 Å². The van der Waals surface area contributed by atoms with Crippen molar-refractivity contribution in [2.24, 2.45) is 0 Å². The monoisotopic (exact) mass is 429 g/mol. The fraction of sp³-hybridized carbons (Fsp3) is 0.350. The number of ether oxygens (including phenoxy) is 2. The van der Waals surface area contributed by atoms with E-state index in [2.05, 4.69) is 34.7 Å². The van der Waals surface area contributed by atoms with E-state index in [1.807, 2.05) is 29.0 Å². The first-order valence-electron chi connectivity index (χ1n) is 9.47. The average molecular weight is 430 g/mol. The predicted octanol–water partition coefficient (Wildman–Crippen LogP) is 4.72. The summed E-state index contributed by atoms with van der Waals surface area (Å²) in [5.74, 6) is 0.619. The van der Waals surface area contributed by atoms with Crippen molar-refractivity contribution in [1.82, 2.24) is 24.1 Å². The number of nitrogens with zero attached hydrogens (tertiary/aromatic N) is 5. The van der Waals surface area contributed by atoms with Gasteiger partial charge in [0, 0.05) is 37.4 Å². The molecule has 4 aromatic rings. The third-order valence-corrected chi connectivity index (χ3v) is 6.71. The molecule has 4 heterocycles. The molecule has 0 atom stereocenters. The van der Waals surface area contributed by atoms with Crippen LogP contribution < -0.4 is 4.74 Å². The molecule has 0 radical (unpaired) electrons. The first-order chi connectivity index (χ1) is 13.9. The van der Waals surface area contributed by atoms with E-state index in [0.717, 1.165) is 40.5 Å². The number of hydrogen-bond acceptors (Lipinski definition) is 5. The summed E-state index contributed by atoms with van der Waals surface area (Å²) in [4.78, 5) is 8.77. The lowest BCUT2D eigenvalue weighted by atomic mass is 10.1. The lowest BCUT2D eigenvalue weighted by Crippen LogP contribution is -2.22. The standard InChI is InChI=1S/C20H24ClN5O2Si/c1-27-20-15(6-8-18-22-12-23-26(18)20)16-11-25(13-28-9-10-29(2,3)4)19-14(16)5-7-17(21)24-19/h5-8,11-12H,9-10,13H2,1-4H3. The minimum absolute atomic E-state index is 0.419. The molecule has 152 valence electrons. The van der Waals surface area contributed by atoms with E-state index in [4.69, 9.17) is 21.1 Å². The number of aromatic nitrogens is 5. The molecule has 0 unspecified atom stereocenters. The third-order valence-electron chi connectivity index (χ3n) is 4.79. The van der Waals surface area contributed by atoms with Gasteiger partial charge in [0.25, 0.3) is 0 Å². The van der Waals surface area contributed by atoms with Crippen LogP contribution in [0.1, 0.15) is 0 Å². The summed E-state index contributed by atoms with van der Waals surface area (Å²) in [6.45, 7) is 8.18. The van der Waals surface area contributed by atoms with E-state index >= 15 is 0 Å². The molecule has 0 aliphatic rings. The minimum Gasteiger partial charge on any atom is -0.480 e. The molecule has 0 N–H and O–H groups in total. The van der Waals surface area contributed by atoms with E-state index in [1.54, 1.807) is 17.7 Å². The van der Waals surface area contributed by atoms with Crippen molar-refractivity contribution in [3.05, 3.63) is 41.9 Å². The zero-order valence-electron chi connectivity index (χ0n) is 17.0. The molecule has 7 nitrogen and oxygen atoms in total. The van der Waals surface area contributed by atoms with E-state index in [1.165, 1.54) is 6.33 Å². The maximum atomic E-state index is 6.18. The maximum absolute atomic E-state index is 6.18. The zero-order chi connectivity index (χ0) is 20.6. The van der Waals surface area contributed by atoms with Gasteiger partial charge in [-0.25, -0.2) is 9.97 Å². The smallest absolute Gasteiger partial charge is 0.224 e. The van der Waals surface area contributed by atoms with Gasteiger partial charge in [-0.15, -0.1) is 0 Å². The van der Waals surface area contributed by atoms with Crippen LogP contribution in [0.15, 0.2) is 36.8 Å². The Balaban J connectivity index is 1.76. The summed E-state index contributed by atoms with van der Waals surface area (Å²) >= 11 is 6.18. The first kappa shape index (κ1) is 19.9. The average Bonchev–Trinajstić information content (AvgIpc) is 3.28. The fourth-order valence-corrected chi connectivity index (χ4v) is 4.16. The normalized spacial score (nSPS) is 12.2. The van der Waals surface area contributed by atoms with Crippen molar-refractivity contribution in [1.29, 1.82) is 0 Å². The number of pyridine rings is 2. The maximum Gasteiger partial charge on any atom is 0.224 e. The van der Waals surface area contributed by atoms with Crippen molar-refractivity contribution < 1.29 is 9.47 Å². The van der Waals surface area contributed by atoms with Gasteiger partial charge in [0.2, 0.25) is 5.88 Å². The SMILES string of the molecule is COc1c(-c2cn(COCC[Si](C)(C)C)c3nc(Cl)ccc23)ccc2ncnn12. The van der Waals surface area contributed by atoms with Crippen molar-refractivity contribution in [3.63, 3.8) is 0 Å². The van der Waals surface area contributed by atoms with Gasteiger partial charge in [0.15, 0.2) is 5.65 Å². The van der Waals surface area contributed by atoms with Crippen LogP contribution in [0.3, 0.4) is 0 Å². The molecule has 9 heteroatoms. The summed E-state index contributed by atoms with van der Waals surface area (Å²) in [7, 11) is 0.492. The number of rotatable bonds is 7. The number of fused-ring (bicyclic) bond motifs is 2. The Morgan fingerprint density at radius 1 is 1.10 bits per heavy atom. The van der Waals surface area contributed by atoms with Crippen LogP contribution in [0.2, 0.25) is 30.8 Å². The molecule has 4 aromatic heterocycles. The molecule has 0 bridgehead atoms. The largest absolute Gasteiger partial charge is 0.480 e. The highest BCUT2D eigenvalue weighted by Gasteiger charge is 2.19. The van der Waals surface area contributed by atoms with Crippen LogP contribution in [0.5, 0.6) is 5.88 Å². The molecule has 0 aromatic carbocycles. The summed E-state index contributed by atoms with van der Waals surface area (Å²) in [5.41, 5.74) is 3.39. The second kappa shape index (κ2) is 7.77. The molecule has 29 heavy (non-hydrogen) atoms. The first-order valence-corrected chi connectivity index (χ1v) is 13.6. The van der Waals surface area contributed by atoms with Gasteiger partial charge < -0.3 is 14.0 Å². The molecule has 0 fully saturated rings. The van der Waals surface area contributed by atoms with Gasteiger partial charge in [-0.3, -0.25) is 0 Å². The third kappa shape index (κ3) is 4.01. The van der Waals surface area contributed by atoms with E-state index in [0.29, 0.717) is 17.8 Å². The summed E-state index contributed by atoms with van der Waals surface area (Å²) in [6.07, 6.45) is 3.54. The van der Waals surface area contributed by atoms with Gasteiger partial charge in [-0.2, -0.15) is 9.61 Å². The predicted molar refractivity (Wildman–Crippen MR) is 117 cm³/mol. The topological polar surface area (TPSA) is 66.5 Å². The molecular formula is C20H24ClN5O2Si. The molecule has 0 spiro atoms. The number of methoxy groups -OCH3 is 1. The Bertz CT molecular complexity index is 1170. The second-order valence-electron chi connectivity index (χ2n) is 8.15. The molecule has 0 amide bonds. The lowest BCUT2D eigenvalue weighted by Gasteiger charge is -2.15. The summed E-state index contributed by atoms with van der Waals surface area (Å²) < 4.78 is 15.3. The van der Waals surface area contributed by atoms with Gasteiger partial charge in [-0.05, 0) is 30.3 Å². The Kier molecular flexibility index (Phi) is 5.33. The van der Waals surface area contributed by atoms with Gasteiger partial charge >= 0.3 is 0 Å². The van der Waals surface area contributed by atoms with Crippen LogP contribution in [0, 0.1) is 0 Å². The highest BCUT2D eigenvalue weighted by atomic mass is 35.5. The Hall–Kier alpha value is -2.42. The lowest BCUT2D eigenvalue weighted by molar-refractivity contribution is 0.0899. The minimum atomic E-state index is -1.14. The van der Waals surface area contributed by atoms with Crippen LogP contribution in [-0.4, -0.2) is 45.9 Å². The van der Waals surface area contributed by atoms with Gasteiger partial charge in [0.1, 0.15) is 23.9 Å². The van der Waals surface area contributed by atoms with Gasteiger partial charge in [0.05, 0.1) is 7.11 Å². The number of hydrogen-bond donors (Lipinski definition) is 0. The van der Waals surface area contributed by atoms with Gasteiger partial charge in [-0.1, -0.05) is 31.2 Å². The molecule has 0 saturated carbocycles. The van der Waals surface area contributed by atoms with Crippen molar-refractivity contribution in [3.8, 4) is 17.0 Å². The summed E-state index contributed by atoms with van der Waals surface area (Å²) in [5, 5.41) is 5.70. The molecule has 0 aliphatic heterocycles. The van der Waals surface area contributed by atoms with Crippen LogP contribution in [-0.2, 0) is 11.5 Å².